The fourth-order valence-electron chi connectivity index (χ4n) is 7.41. The predicted octanol–water partition coefficient (Wildman–Crippen LogP) is 2.46. The van der Waals surface area contributed by atoms with Crippen molar-refractivity contribution in [2.24, 2.45) is 34.5 Å². The molecule has 2 unspecified atom stereocenters. The molecule has 9 atom stereocenters. The number of ketones is 1. The van der Waals surface area contributed by atoms with E-state index in [0.717, 1.165) is 24.8 Å². The SMILES string of the molecule is C#CC1(O)CCC2[C@H]3[C@H]([C@H](O)C[C@@]21C)[C@@]1(C)CC[C@H](O)CC1=C[C@H]3C(C)=O. The van der Waals surface area contributed by atoms with Crippen LogP contribution in [0, 0.1) is 46.8 Å². The Balaban J connectivity index is 1.86. The van der Waals surface area contributed by atoms with Gasteiger partial charge in [-0.3, -0.25) is 4.79 Å². The number of carbonyl (C=O) groups is 1. The van der Waals surface area contributed by atoms with Crippen LogP contribution in [0.3, 0.4) is 0 Å². The molecule has 4 nitrogen and oxygen atoms in total. The molecular weight excluding hydrogens is 340 g/mol. The fourth-order valence-corrected chi connectivity index (χ4v) is 7.41. The quantitative estimate of drug-likeness (QED) is 0.488. The summed E-state index contributed by atoms with van der Waals surface area (Å²) in [6.45, 7) is 5.83. The zero-order chi connectivity index (χ0) is 19.8. The first-order chi connectivity index (χ1) is 12.6. The van der Waals surface area contributed by atoms with Gasteiger partial charge in [-0.15, -0.1) is 6.42 Å². The van der Waals surface area contributed by atoms with E-state index in [-0.39, 0.29) is 41.0 Å². The van der Waals surface area contributed by atoms with Gasteiger partial charge in [-0.2, -0.15) is 0 Å². The highest BCUT2D eigenvalue weighted by Gasteiger charge is 2.67. The maximum absolute atomic E-state index is 12.7. The third-order valence-electron chi connectivity index (χ3n) is 8.93. The second-order valence-electron chi connectivity index (χ2n) is 10.1. The first-order valence-corrected chi connectivity index (χ1v) is 10.4. The van der Waals surface area contributed by atoms with Gasteiger partial charge in [0.15, 0.2) is 0 Å². The lowest BCUT2D eigenvalue weighted by molar-refractivity contribution is -0.166. The van der Waals surface area contributed by atoms with E-state index in [9.17, 15) is 20.1 Å². The average Bonchev–Trinajstić information content (AvgIpc) is 2.86. The topological polar surface area (TPSA) is 77.8 Å². The number of carbonyl (C=O) groups excluding carboxylic acids is 1. The number of terminal acetylenes is 1. The second kappa shape index (κ2) is 5.92. The van der Waals surface area contributed by atoms with Gasteiger partial charge in [0.1, 0.15) is 11.4 Å². The van der Waals surface area contributed by atoms with Gasteiger partial charge in [0, 0.05) is 11.3 Å². The Morgan fingerprint density at radius 1 is 1.26 bits per heavy atom. The number of fused-ring (bicyclic) bond motifs is 5. The molecule has 4 aliphatic rings. The van der Waals surface area contributed by atoms with Crippen molar-refractivity contribution in [1.29, 1.82) is 0 Å². The summed E-state index contributed by atoms with van der Waals surface area (Å²) in [4.78, 5) is 12.7. The monoisotopic (exact) mass is 372 g/mol. The van der Waals surface area contributed by atoms with Crippen molar-refractivity contribution in [3.63, 3.8) is 0 Å². The molecule has 3 fully saturated rings. The molecule has 3 N–H and O–H groups in total. The van der Waals surface area contributed by atoms with Crippen LogP contribution < -0.4 is 0 Å². The Labute approximate surface area is 162 Å². The summed E-state index contributed by atoms with van der Waals surface area (Å²) >= 11 is 0. The van der Waals surface area contributed by atoms with Gasteiger partial charge >= 0.3 is 0 Å². The summed E-state index contributed by atoms with van der Waals surface area (Å²) in [6.07, 6.45) is 10.8. The largest absolute Gasteiger partial charge is 0.393 e. The van der Waals surface area contributed by atoms with Crippen molar-refractivity contribution >= 4 is 5.78 Å². The number of hydrogen-bond acceptors (Lipinski definition) is 4. The van der Waals surface area contributed by atoms with Crippen LogP contribution in [0.4, 0.5) is 0 Å². The molecule has 0 radical (unpaired) electrons. The first-order valence-electron chi connectivity index (χ1n) is 10.4. The summed E-state index contributed by atoms with van der Waals surface area (Å²) in [6, 6.07) is 0. The molecule has 0 saturated heterocycles. The van der Waals surface area contributed by atoms with Crippen LogP contribution in [0.15, 0.2) is 11.6 Å². The molecule has 148 valence electrons. The molecule has 0 aromatic heterocycles. The minimum Gasteiger partial charge on any atom is -0.393 e. The van der Waals surface area contributed by atoms with E-state index in [1.54, 1.807) is 6.92 Å². The van der Waals surface area contributed by atoms with E-state index in [4.69, 9.17) is 6.42 Å². The van der Waals surface area contributed by atoms with E-state index < -0.39 is 17.1 Å². The smallest absolute Gasteiger partial charge is 0.136 e. The van der Waals surface area contributed by atoms with E-state index in [1.807, 2.05) is 6.92 Å². The second-order valence-corrected chi connectivity index (χ2v) is 10.1. The molecule has 0 spiro atoms. The van der Waals surface area contributed by atoms with Gasteiger partial charge in [0.2, 0.25) is 0 Å². The third-order valence-corrected chi connectivity index (χ3v) is 8.93. The molecule has 0 bridgehead atoms. The lowest BCUT2D eigenvalue weighted by Crippen LogP contribution is -2.61. The molecule has 0 amide bonds. The van der Waals surface area contributed by atoms with E-state index >= 15 is 0 Å². The van der Waals surface area contributed by atoms with Gasteiger partial charge in [-0.25, -0.2) is 0 Å². The average molecular weight is 373 g/mol. The Morgan fingerprint density at radius 3 is 2.59 bits per heavy atom. The van der Waals surface area contributed by atoms with Crippen LogP contribution in [-0.2, 0) is 4.79 Å². The Morgan fingerprint density at radius 2 is 1.96 bits per heavy atom. The molecule has 4 aliphatic carbocycles. The standard InChI is InChI=1S/C23H32O4/c1-5-23(27)9-7-17-19-16(13(2)24)11-14-10-15(25)6-8-21(14,3)20(19)18(26)12-22(17,23)4/h1,11,15-20,25-27H,6-10,12H2,2-4H3/t15-,16-,17?,18+,19-,20-,21-,22-,23?/m0/s1. The van der Waals surface area contributed by atoms with Crippen LogP contribution in [0.25, 0.3) is 0 Å². The van der Waals surface area contributed by atoms with Gasteiger partial charge in [0.25, 0.3) is 0 Å². The van der Waals surface area contributed by atoms with Crippen LogP contribution in [0.5, 0.6) is 0 Å². The van der Waals surface area contributed by atoms with E-state index in [2.05, 4.69) is 18.9 Å². The van der Waals surface area contributed by atoms with Crippen LogP contribution in [-0.4, -0.2) is 38.9 Å². The summed E-state index contributed by atoms with van der Waals surface area (Å²) in [5, 5.41) is 32.7. The first kappa shape index (κ1) is 19.2. The summed E-state index contributed by atoms with van der Waals surface area (Å²) < 4.78 is 0. The highest BCUT2D eigenvalue weighted by molar-refractivity contribution is 5.81. The number of Topliss-reactive ketones (excluding diaryl/α,β-unsaturated/α-hetero) is 1. The lowest BCUT2D eigenvalue weighted by atomic mass is 9.44. The van der Waals surface area contributed by atoms with Gasteiger partial charge < -0.3 is 15.3 Å². The van der Waals surface area contributed by atoms with Crippen molar-refractivity contribution in [1.82, 2.24) is 0 Å². The molecule has 4 heteroatoms. The molecule has 27 heavy (non-hydrogen) atoms. The highest BCUT2D eigenvalue weighted by atomic mass is 16.3. The zero-order valence-corrected chi connectivity index (χ0v) is 16.6. The number of allylic oxidation sites excluding steroid dienone is 1. The number of hydrogen-bond donors (Lipinski definition) is 3. The van der Waals surface area contributed by atoms with Crippen molar-refractivity contribution in [2.45, 2.75) is 77.1 Å². The van der Waals surface area contributed by atoms with Crippen molar-refractivity contribution in [3.05, 3.63) is 11.6 Å². The number of rotatable bonds is 1. The Kier molecular flexibility index (Phi) is 4.21. The van der Waals surface area contributed by atoms with Crippen molar-refractivity contribution < 1.29 is 20.1 Å². The molecule has 3 saturated carbocycles. The molecule has 0 aromatic rings. The Hall–Kier alpha value is -1.15. The Bertz CT molecular complexity index is 735. The maximum Gasteiger partial charge on any atom is 0.136 e. The zero-order valence-electron chi connectivity index (χ0n) is 16.6. The normalized spacial score (nSPS) is 54.2. The minimum atomic E-state index is -1.22. The van der Waals surface area contributed by atoms with E-state index in [0.29, 0.717) is 19.3 Å². The number of aliphatic hydroxyl groups excluding tert-OH is 2. The van der Waals surface area contributed by atoms with Crippen molar-refractivity contribution in [2.75, 3.05) is 0 Å². The molecule has 0 heterocycles. The highest BCUT2D eigenvalue weighted by Crippen LogP contribution is 2.68. The predicted molar refractivity (Wildman–Crippen MR) is 102 cm³/mol. The van der Waals surface area contributed by atoms with Crippen LogP contribution in [0.1, 0.15) is 59.3 Å². The summed E-state index contributed by atoms with van der Waals surface area (Å²) in [5.41, 5.74) is -0.867. The van der Waals surface area contributed by atoms with Gasteiger partial charge in [-0.1, -0.05) is 31.4 Å². The summed E-state index contributed by atoms with van der Waals surface area (Å²) in [7, 11) is 0. The number of aliphatic hydroxyl groups is 3. The third kappa shape index (κ3) is 2.38. The molecule has 0 aromatic carbocycles. The maximum atomic E-state index is 12.7. The van der Waals surface area contributed by atoms with Gasteiger partial charge in [0.05, 0.1) is 12.2 Å². The fraction of sp³-hybridized carbons (Fsp3) is 0.783. The summed E-state index contributed by atoms with van der Waals surface area (Å²) in [5.74, 6) is 2.52. The van der Waals surface area contributed by atoms with Crippen molar-refractivity contribution in [3.8, 4) is 12.3 Å². The molecule has 4 rings (SSSR count). The van der Waals surface area contributed by atoms with Crippen LogP contribution in [0.2, 0.25) is 0 Å². The minimum absolute atomic E-state index is 0.0115. The lowest BCUT2D eigenvalue weighted by Gasteiger charge is -2.61. The van der Waals surface area contributed by atoms with Gasteiger partial charge in [-0.05, 0) is 68.6 Å². The van der Waals surface area contributed by atoms with E-state index in [1.165, 1.54) is 0 Å². The van der Waals surface area contributed by atoms with Crippen LogP contribution >= 0.6 is 0 Å². The molecular formula is C23H32O4. The molecule has 0 aliphatic heterocycles.